The summed E-state index contributed by atoms with van der Waals surface area (Å²) in [7, 11) is 2.18. The summed E-state index contributed by atoms with van der Waals surface area (Å²) in [5.74, 6) is 0.724. The summed E-state index contributed by atoms with van der Waals surface area (Å²) in [5, 5.41) is 4.44. The Morgan fingerprint density at radius 1 is 1.32 bits per heavy atom. The largest absolute Gasteiger partial charge is 0.382 e. The van der Waals surface area contributed by atoms with Crippen molar-refractivity contribution < 1.29 is 9.13 Å². The topological polar surface area (TPSA) is 40.1 Å². The highest BCUT2D eigenvalue weighted by atomic mass is 32.1. The van der Waals surface area contributed by atoms with Crippen LogP contribution in [0.1, 0.15) is 23.8 Å². The number of fused-ring (bicyclic) bond motifs is 2. The van der Waals surface area contributed by atoms with E-state index in [1.54, 1.807) is 17.4 Å². The molecule has 7 heteroatoms. The summed E-state index contributed by atoms with van der Waals surface area (Å²) < 4.78 is 19.4. The van der Waals surface area contributed by atoms with E-state index in [2.05, 4.69) is 35.2 Å². The van der Waals surface area contributed by atoms with Gasteiger partial charge in [0.05, 0.1) is 16.9 Å². The number of amidine groups is 1. The van der Waals surface area contributed by atoms with Crippen LogP contribution in [0.25, 0.3) is 0 Å². The normalized spacial score (nSPS) is 19.5. The number of likely N-dealkylation sites (N-methyl/N-ethyl adjacent to an activating group) is 1. The zero-order valence-corrected chi connectivity index (χ0v) is 17.5. The highest BCUT2D eigenvalue weighted by Gasteiger charge is 2.30. The molecule has 1 saturated heterocycles. The molecule has 1 fully saturated rings. The van der Waals surface area contributed by atoms with Crippen molar-refractivity contribution in [1.29, 1.82) is 0 Å². The summed E-state index contributed by atoms with van der Waals surface area (Å²) >= 11 is 1.69. The minimum atomic E-state index is -0.254. The number of hydrogen-bond donors (Lipinski definition) is 1. The van der Waals surface area contributed by atoms with E-state index >= 15 is 0 Å². The predicted octanol–water partition coefficient (Wildman–Crippen LogP) is 4.37. The molecule has 1 aromatic heterocycles. The molecule has 1 N–H and O–H groups in total. The van der Waals surface area contributed by atoms with Gasteiger partial charge in [-0.15, -0.1) is 11.3 Å². The molecule has 2 aliphatic heterocycles. The monoisotopic (exact) mass is 402 g/mol. The summed E-state index contributed by atoms with van der Waals surface area (Å²) in [6, 6.07) is 7.36. The highest BCUT2D eigenvalue weighted by Crippen LogP contribution is 2.39. The van der Waals surface area contributed by atoms with Crippen molar-refractivity contribution in [1.82, 2.24) is 9.80 Å². The lowest BCUT2D eigenvalue weighted by Crippen LogP contribution is -2.53. The highest BCUT2D eigenvalue weighted by molar-refractivity contribution is 7.16. The van der Waals surface area contributed by atoms with Crippen LogP contribution in [0, 0.1) is 12.7 Å². The molecule has 0 amide bonds. The third kappa shape index (κ3) is 3.92. The Bertz CT molecular complexity index is 881. The Morgan fingerprint density at radius 2 is 2.18 bits per heavy atom. The average Bonchev–Trinajstić information content (AvgIpc) is 2.96. The number of thiophene rings is 1. The number of piperazine rings is 1. The van der Waals surface area contributed by atoms with Crippen LogP contribution in [0.15, 0.2) is 29.3 Å². The molecule has 150 valence electrons. The van der Waals surface area contributed by atoms with E-state index in [1.165, 1.54) is 17.0 Å². The zero-order valence-electron chi connectivity index (χ0n) is 16.7. The number of nitrogens with one attached hydrogen (secondary N) is 1. The van der Waals surface area contributed by atoms with Crippen LogP contribution in [0.3, 0.4) is 0 Å². The minimum Gasteiger partial charge on any atom is -0.382 e. The third-order valence-electron chi connectivity index (χ3n) is 5.41. The number of aliphatic imine (C=N–C) groups is 1. The quantitative estimate of drug-likeness (QED) is 0.771. The summed E-state index contributed by atoms with van der Waals surface area (Å²) in [6.45, 7) is 8.48. The first kappa shape index (κ1) is 19.4. The van der Waals surface area contributed by atoms with Crippen molar-refractivity contribution in [2.75, 3.05) is 45.2 Å². The lowest BCUT2D eigenvalue weighted by molar-refractivity contribution is 0.0843. The maximum atomic E-state index is 13.8. The van der Waals surface area contributed by atoms with Gasteiger partial charge in [0.2, 0.25) is 0 Å². The first-order valence-electron chi connectivity index (χ1n) is 9.84. The molecule has 28 heavy (non-hydrogen) atoms. The van der Waals surface area contributed by atoms with E-state index in [1.807, 2.05) is 6.92 Å². The standard InChI is InChI=1S/C21H27FN4OS/c1-4-27-10-7-16-13-26(9-8-25(16)3)20-17-11-14(2)28-21(17)24-19-12-15(22)5-6-18(19)23-20/h5-6,11-12,16,24H,4,7-10,13H2,1-3H3/t16-/m0/s1. The molecule has 5 nitrogen and oxygen atoms in total. The van der Waals surface area contributed by atoms with Gasteiger partial charge in [-0.25, -0.2) is 9.38 Å². The van der Waals surface area contributed by atoms with Gasteiger partial charge in [0, 0.05) is 43.8 Å². The second-order valence-corrected chi connectivity index (χ2v) is 8.64. The molecule has 2 aromatic rings. The van der Waals surface area contributed by atoms with Crippen LogP contribution >= 0.6 is 11.3 Å². The number of halogens is 1. The van der Waals surface area contributed by atoms with Crippen LogP contribution in [0.4, 0.5) is 20.8 Å². The molecule has 1 aromatic carbocycles. The van der Waals surface area contributed by atoms with E-state index < -0.39 is 0 Å². The van der Waals surface area contributed by atoms with Crippen molar-refractivity contribution in [3.8, 4) is 0 Å². The van der Waals surface area contributed by atoms with Crippen molar-refractivity contribution in [2.24, 2.45) is 4.99 Å². The molecule has 1 atom stereocenters. The molecule has 0 unspecified atom stereocenters. The predicted molar refractivity (Wildman–Crippen MR) is 114 cm³/mol. The maximum absolute atomic E-state index is 13.8. The fourth-order valence-corrected chi connectivity index (χ4v) is 4.75. The molecule has 0 aliphatic carbocycles. The van der Waals surface area contributed by atoms with E-state index in [0.29, 0.717) is 6.04 Å². The van der Waals surface area contributed by atoms with Gasteiger partial charge < -0.3 is 15.0 Å². The Kier molecular flexibility index (Phi) is 5.66. The first-order chi connectivity index (χ1) is 13.5. The smallest absolute Gasteiger partial charge is 0.139 e. The Balaban J connectivity index is 1.67. The van der Waals surface area contributed by atoms with Crippen molar-refractivity contribution in [2.45, 2.75) is 26.3 Å². The lowest BCUT2D eigenvalue weighted by Gasteiger charge is -2.41. The number of aryl methyl sites for hydroxylation is 1. The van der Waals surface area contributed by atoms with Crippen molar-refractivity contribution in [3.63, 3.8) is 0 Å². The molecule has 4 rings (SSSR count). The SMILES string of the molecule is CCOCC[C@H]1CN(C2=Nc3ccc(F)cc3Nc3sc(C)cc32)CCN1C. The van der Waals surface area contributed by atoms with Gasteiger partial charge in [0.25, 0.3) is 0 Å². The third-order valence-corrected chi connectivity index (χ3v) is 6.37. The van der Waals surface area contributed by atoms with Gasteiger partial charge in [0.1, 0.15) is 16.7 Å². The van der Waals surface area contributed by atoms with E-state index in [0.717, 1.165) is 67.0 Å². The fraction of sp³-hybridized carbons (Fsp3) is 0.476. The Labute approximate surface area is 169 Å². The van der Waals surface area contributed by atoms with Crippen molar-refractivity contribution >= 4 is 33.5 Å². The molecular weight excluding hydrogens is 375 g/mol. The summed E-state index contributed by atoms with van der Waals surface area (Å²) in [4.78, 5) is 11.0. The van der Waals surface area contributed by atoms with Gasteiger partial charge in [-0.3, -0.25) is 4.90 Å². The molecule has 0 spiro atoms. The molecule has 0 bridgehead atoms. The number of rotatable bonds is 4. The fourth-order valence-electron chi connectivity index (χ4n) is 3.83. The second kappa shape index (κ2) is 8.19. The Hall–Kier alpha value is -1.96. The van der Waals surface area contributed by atoms with E-state index in [4.69, 9.17) is 9.73 Å². The molecule has 0 saturated carbocycles. The van der Waals surface area contributed by atoms with Crippen LogP contribution in [-0.2, 0) is 4.74 Å². The second-order valence-electron chi connectivity index (χ2n) is 7.39. The van der Waals surface area contributed by atoms with Crippen LogP contribution < -0.4 is 5.32 Å². The van der Waals surface area contributed by atoms with Gasteiger partial charge in [-0.2, -0.15) is 0 Å². The number of nitrogens with zero attached hydrogens (tertiary/aromatic N) is 3. The first-order valence-corrected chi connectivity index (χ1v) is 10.7. The Morgan fingerprint density at radius 3 is 3.00 bits per heavy atom. The summed E-state index contributed by atoms with van der Waals surface area (Å²) in [6.07, 6.45) is 1.00. The van der Waals surface area contributed by atoms with E-state index in [9.17, 15) is 4.39 Å². The minimum absolute atomic E-state index is 0.254. The van der Waals surface area contributed by atoms with Crippen LogP contribution in [0.2, 0.25) is 0 Å². The van der Waals surface area contributed by atoms with Crippen molar-refractivity contribution in [3.05, 3.63) is 40.5 Å². The van der Waals surface area contributed by atoms with Gasteiger partial charge in [0.15, 0.2) is 0 Å². The van der Waals surface area contributed by atoms with Crippen LogP contribution in [-0.4, -0.2) is 61.6 Å². The van der Waals surface area contributed by atoms with Gasteiger partial charge in [-0.05, 0) is 51.6 Å². The number of hydrogen-bond acceptors (Lipinski definition) is 6. The van der Waals surface area contributed by atoms with Gasteiger partial charge in [-0.1, -0.05) is 0 Å². The molecule has 3 heterocycles. The number of ether oxygens (including phenoxy) is 1. The maximum Gasteiger partial charge on any atom is 0.139 e. The van der Waals surface area contributed by atoms with E-state index in [-0.39, 0.29) is 5.82 Å². The molecule has 0 radical (unpaired) electrons. The molecular formula is C21H27FN4OS. The number of benzene rings is 1. The lowest BCUT2D eigenvalue weighted by atomic mass is 10.1. The average molecular weight is 403 g/mol. The van der Waals surface area contributed by atoms with Gasteiger partial charge >= 0.3 is 0 Å². The number of anilines is 2. The summed E-state index contributed by atoms with van der Waals surface area (Å²) in [5.41, 5.74) is 2.61. The van der Waals surface area contributed by atoms with Crippen LogP contribution in [0.5, 0.6) is 0 Å². The zero-order chi connectivity index (χ0) is 19.7. The molecule has 2 aliphatic rings.